The maximum Gasteiger partial charge on any atom is 0.330 e. The lowest BCUT2D eigenvalue weighted by atomic mass is 9.73. The predicted molar refractivity (Wildman–Crippen MR) is 62.2 cm³/mol. The lowest BCUT2D eigenvalue weighted by Crippen LogP contribution is -2.29. The van der Waals surface area contributed by atoms with Crippen LogP contribution in [-0.2, 0) is 13.6 Å². The smallest absolute Gasteiger partial charge is 0.309 e. The highest BCUT2D eigenvalue weighted by Gasteiger charge is 2.37. The molecule has 0 amide bonds. The summed E-state index contributed by atoms with van der Waals surface area (Å²) in [6.45, 7) is 4.46. The van der Waals surface area contributed by atoms with E-state index in [1.807, 2.05) is 13.8 Å². The summed E-state index contributed by atoms with van der Waals surface area (Å²) in [6.07, 6.45) is 3.14. The molecule has 92 valence electrons. The van der Waals surface area contributed by atoms with Gasteiger partial charge >= 0.3 is 7.60 Å². The van der Waals surface area contributed by atoms with Crippen LogP contribution in [0.4, 0.5) is 0 Å². The van der Waals surface area contributed by atoms with Gasteiger partial charge in [-0.3, -0.25) is 4.57 Å². The number of hydrogen-bond donors (Lipinski definition) is 0. The van der Waals surface area contributed by atoms with Gasteiger partial charge < -0.3 is 9.05 Å². The molecule has 0 spiro atoms. The van der Waals surface area contributed by atoms with Crippen molar-refractivity contribution in [3.8, 4) is 6.07 Å². The van der Waals surface area contributed by atoms with Gasteiger partial charge in [-0.15, -0.1) is 0 Å². The van der Waals surface area contributed by atoms with Crippen LogP contribution in [0.3, 0.4) is 0 Å². The second-order valence-electron chi connectivity index (χ2n) is 4.09. The minimum Gasteiger partial charge on any atom is -0.309 e. The van der Waals surface area contributed by atoms with Gasteiger partial charge in [0.15, 0.2) is 0 Å². The second kappa shape index (κ2) is 6.39. The Balaban J connectivity index is 2.49. The molecule has 4 nitrogen and oxygen atoms in total. The lowest BCUT2D eigenvalue weighted by molar-refractivity contribution is 0.170. The maximum atomic E-state index is 12.2. The molecule has 0 bridgehead atoms. The quantitative estimate of drug-likeness (QED) is 0.646. The van der Waals surface area contributed by atoms with Gasteiger partial charge in [-0.25, -0.2) is 0 Å². The van der Waals surface area contributed by atoms with Gasteiger partial charge in [0.25, 0.3) is 0 Å². The van der Waals surface area contributed by atoms with Crippen LogP contribution in [0.1, 0.15) is 33.1 Å². The molecule has 0 aromatic rings. The molecule has 2 atom stereocenters. The molecule has 0 N–H and O–H groups in total. The van der Waals surface area contributed by atoms with E-state index in [4.69, 9.17) is 14.3 Å². The molecule has 0 aromatic carbocycles. The zero-order valence-corrected chi connectivity index (χ0v) is 10.9. The van der Waals surface area contributed by atoms with Crippen molar-refractivity contribution in [2.75, 3.05) is 19.4 Å². The van der Waals surface area contributed by atoms with Gasteiger partial charge in [0.1, 0.15) is 0 Å². The molecule has 5 heteroatoms. The van der Waals surface area contributed by atoms with E-state index in [2.05, 4.69) is 6.07 Å². The summed E-state index contributed by atoms with van der Waals surface area (Å²) in [5.74, 6) is 0.725. The topological polar surface area (TPSA) is 59.3 Å². The summed E-state index contributed by atoms with van der Waals surface area (Å²) in [5, 5.41) is 8.64. The van der Waals surface area contributed by atoms with Crippen molar-refractivity contribution in [1.29, 1.82) is 5.26 Å². The summed E-state index contributed by atoms with van der Waals surface area (Å²) in [7, 11) is -2.91. The van der Waals surface area contributed by atoms with E-state index in [-0.39, 0.29) is 0 Å². The Morgan fingerprint density at radius 1 is 1.25 bits per heavy atom. The molecule has 1 aliphatic rings. The number of hydrogen-bond acceptors (Lipinski definition) is 4. The summed E-state index contributed by atoms with van der Waals surface area (Å²) in [4.78, 5) is 0. The van der Waals surface area contributed by atoms with Crippen LogP contribution < -0.4 is 0 Å². The summed E-state index contributed by atoms with van der Waals surface area (Å²) in [5.41, 5.74) is 0. The molecule has 1 saturated carbocycles. The van der Waals surface area contributed by atoms with Crippen molar-refractivity contribution >= 4 is 7.60 Å². The zero-order chi connectivity index (χ0) is 12.0. The molecule has 0 aromatic heterocycles. The van der Waals surface area contributed by atoms with Crippen molar-refractivity contribution < 1.29 is 13.6 Å². The average Bonchev–Trinajstić information content (AvgIpc) is 2.22. The normalized spacial score (nSPS) is 24.8. The number of nitriles is 1. The van der Waals surface area contributed by atoms with Gasteiger partial charge in [0.05, 0.1) is 25.4 Å². The summed E-state index contributed by atoms with van der Waals surface area (Å²) in [6, 6.07) is 2.18. The minimum absolute atomic E-state index is 0.337. The molecule has 0 saturated heterocycles. The Morgan fingerprint density at radius 2 is 1.81 bits per heavy atom. The fourth-order valence-corrected chi connectivity index (χ4v) is 4.21. The molecule has 2 unspecified atom stereocenters. The number of rotatable bonds is 7. The van der Waals surface area contributed by atoms with E-state index in [0.717, 1.165) is 12.8 Å². The third-order valence-corrected chi connectivity index (χ3v) is 5.26. The fraction of sp³-hybridized carbons (Fsp3) is 0.909. The first-order valence-electron chi connectivity index (χ1n) is 5.90. The van der Waals surface area contributed by atoms with Crippen molar-refractivity contribution in [2.45, 2.75) is 33.1 Å². The molecule has 16 heavy (non-hydrogen) atoms. The lowest BCUT2D eigenvalue weighted by Gasteiger charge is -2.36. The third-order valence-electron chi connectivity index (χ3n) is 3.04. The zero-order valence-electron chi connectivity index (χ0n) is 10.0. The first-order chi connectivity index (χ1) is 7.65. The molecule has 1 fully saturated rings. The van der Waals surface area contributed by atoms with Crippen LogP contribution in [0, 0.1) is 23.2 Å². The van der Waals surface area contributed by atoms with Crippen LogP contribution in [0.15, 0.2) is 0 Å². The maximum absolute atomic E-state index is 12.2. The van der Waals surface area contributed by atoms with E-state index in [1.165, 1.54) is 0 Å². The van der Waals surface area contributed by atoms with E-state index in [0.29, 0.717) is 37.6 Å². The highest BCUT2D eigenvalue weighted by Crippen LogP contribution is 2.54. The molecular formula is C11H20NO3P. The van der Waals surface area contributed by atoms with Crippen molar-refractivity contribution in [3.05, 3.63) is 0 Å². The van der Waals surface area contributed by atoms with Crippen molar-refractivity contribution in [1.82, 2.24) is 0 Å². The van der Waals surface area contributed by atoms with Crippen molar-refractivity contribution in [2.24, 2.45) is 11.8 Å². The SMILES string of the molecule is CCOP(=O)(CC1CCC1CC#N)OCC. The molecule has 1 aliphatic carbocycles. The van der Waals surface area contributed by atoms with Crippen LogP contribution in [0.25, 0.3) is 0 Å². The van der Waals surface area contributed by atoms with Gasteiger partial charge in [-0.1, -0.05) is 0 Å². The Bertz CT molecular complexity index is 290. The van der Waals surface area contributed by atoms with Crippen LogP contribution in [-0.4, -0.2) is 19.4 Å². The van der Waals surface area contributed by atoms with Gasteiger partial charge in [-0.2, -0.15) is 5.26 Å². The summed E-state index contributed by atoms with van der Waals surface area (Å²) < 4.78 is 22.7. The first-order valence-corrected chi connectivity index (χ1v) is 7.63. The van der Waals surface area contributed by atoms with Crippen LogP contribution in [0.2, 0.25) is 0 Å². The monoisotopic (exact) mass is 245 g/mol. The van der Waals surface area contributed by atoms with Gasteiger partial charge in [0, 0.05) is 6.42 Å². The molecule has 1 rings (SSSR count). The summed E-state index contributed by atoms with van der Waals surface area (Å²) >= 11 is 0. The van der Waals surface area contributed by atoms with Crippen LogP contribution in [0.5, 0.6) is 0 Å². The Kier molecular flexibility index (Phi) is 5.48. The van der Waals surface area contributed by atoms with Gasteiger partial charge in [0.2, 0.25) is 0 Å². The van der Waals surface area contributed by atoms with Gasteiger partial charge in [-0.05, 0) is 38.5 Å². The van der Waals surface area contributed by atoms with E-state index < -0.39 is 7.60 Å². The Labute approximate surface area is 97.5 Å². The van der Waals surface area contributed by atoms with Crippen LogP contribution >= 0.6 is 7.60 Å². The highest BCUT2D eigenvalue weighted by molar-refractivity contribution is 7.53. The van der Waals surface area contributed by atoms with E-state index in [9.17, 15) is 4.57 Å². The Hall–Kier alpha value is -0.360. The molecule has 0 radical (unpaired) electrons. The molecule has 0 heterocycles. The standard InChI is InChI=1S/C11H20NO3P/c1-3-14-16(13,15-4-2)9-11-6-5-10(11)7-8-12/h10-11H,3-7,9H2,1-2H3. The molecular weight excluding hydrogens is 225 g/mol. The Morgan fingerprint density at radius 3 is 2.19 bits per heavy atom. The average molecular weight is 245 g/mol. The third kappa shape index (κ3) is 3.59. The second-order valence-corrected chi connectivity index (χ2v) is 6.19. The number of nitrogens with zero attached hydrogens (tertiary/aromatic N) is 1. The van der Waals surface area contributed by atoms with E-state index in [1.54, 1.807) is 0 Å². The molecule has 0 aliphatic heterocycles. The van der Waals surface area contributed by atoms with Crippen molar-refractivity contribution in [3.63, 3.8) is 0 Å². The highest BCUT2D eigenvalue weighted by atomic mass is 31.2. The predicted octanol–water partition coefficient (Wildman–Crippen LogP) is 3.19. The fourth-order valence-electron chi connectivity index (χ4n) is 2.09. The largest absolute Gasteiger partial charge is 0.330 e. The minimum atomic E-state index is -2.91. The first kappa shape index (κ1) is 13.7. The van der Waals surface area contributed by atoms with E-state index >= 15 is 0 Å².